The fraction of sp³-hybridized carbons (Fsp3) is 0.208. The Kier molecular flexibility index (Phi) is 7.18. The number of sulfone groups is 1. The van der Waals surface area contributed by atoms with Crippen LogP contribution in [-0.4, -0.2) is 37.2 Å². The minimum atomic E-state index is -3.55. The lowest BCUT2D eigenvalue weighted by Crippen LogP contribution is -2.30. The fourth-order valence-electron chi connectivity index (χ4n) is 3.39. The lowest BCUT2D eigenvalue weighted by molar-refractivity contribution is -0.118. The molecule has 2 aromatic heterocycles. The maximum atomic E-state index is 13.6. The molecule has 34 heavy (non-hydrogen) atoms. The highest BCUT2D eigenvalue weighted by molar-refractivity contribution is 7.91. The molecule has 0 unspecified atom stereocenters. The third-order valence-corrected chi connectivity index (χ3v) is 8.01. The van der Waals surface area contributed by atoms with Crippen molar-refractivity contribution in [2.24, 2.45) is 0 Å². The Balaban J connectivity index is 1.50. The second-order valence-electron chi connectivity index (χ2n) is 7.55. The molecule has 0 aliphatic carbocycles. The van der Waals surface area contributed by atoms with E-state index in [0.717, 1.165) is 5.56 Å². The first-order chi connectivity index (χ1) is 16.4. The van der Waals surface area contributed by atoms with Crippen LogP contribution in [0.2, 0.25) is 0 Å². The quantitative estimate of drug-likeness (QED) is 0.334. The van der Waals surface area contributed by atoms with Gasteiger partial charge in [0.1, 0.15) is 11.6 Å². The Morgan fingerprint density at radius 2 is 1.94 bits per heavy atom. The molecule has 0 saturated heterocycles. The molecule has 0 fully saturated rings. The molecule has 4 rings (SSSR count). The lowest BCUT2D eigenvalue weighted by atomic mass is 10.2. The summed E-state index contributed by atoms with van der Waals surface area (Å²) >= 11 is 1.21. The molecule has 7 nitrogen and oxygen atoms in total. The predicted molar refractivity (Wildman–Crippen MR) is 129 cm³/mol. The van der Waals surface area contributed by atoms with Crippen LogP contribution in [0.1, 0.15) is 18.4 Å². The molecule has 4 aromatic rings. The van der Waals surface area contributed by atoms with Crippen molar-refractivity contribution in [3.8, 4) is 5.75 Å². The average Bonchev–Trinajstić information content (AvgIpc) is 3.25. The molecule has 2 aromatic carbocycles. The molecule has 0 aliphatic heterocycles. The highest BCUT2D eigenvalue weighted by atomic mass is 32.2. The Morgan fingerprint density at radius 3 is 2.65 bits per heavy atom. The van der Waals surface area contributed by atoms with Crippen molar-refractivity contribution < 1.29 is 22.3 Å². The normalized spacial score (nSPS) is 11.5. The Labute approximate surface area is 200 Å². The number of pyridine rings is 1. The molecule has 2 heterocycles. The Morgan fingerprint density at radius 1 is 1.15 bits per heavy atom. The second-order valence-corrected chi connectivity index (χ2v) is 10.7. The molecule has 176 valence electrons. The van der Waals surface area contributed by atoms with Gasteiger partial charge in [0.05, 0.1) is 34.5 Å². The zero-order chi connectivity index (χ0) is 24.1. The zero-order valence-electron chi connectivity index (χ0n) is 18.3. The van der Waals surface area contributed by atoms with Crippen molar-refractivity contribution in [3.05, 3.63) is 78.4 Å². The van der Waals surface area contributed by atoms with Crippen molar-refractivity contribution in [2.75, 3.05) is 17.8 Å². The van der Waals surface area contributed by atoms with Gasteiger partial charge in [-0.15, -0.1) is 0 Å². The summed E-state index contributed by atoms with van der Waals surface area (Å²) in [7, 11) is -2.04. The molecule has 0 spiro atoms. The molecule has 10 heteroatoms. The van der Waals surface area contributed by atoms with E-state index in [2.05, 4.69) is 9.97 Å². The first kappa shape index (κ1) is 23.8. The van der Waals surface area contributed by atoms with Crippen LogP contribution >= 0.6 is 11.3 Å². The molecule has 0 atom stereocenters. The van der Waals surface area contributed by atoms with E-state index in [4.69, 9.17) is 4.74 Å². The van der Waals surface area contributed by atoms with E-state index in [-0.39, 0.29) is 41.8 Å². The summed E-state index contributed by atoms with van der Waals surface area (Å²) in [5.74, 6) is -0.252. The number of hydrogen-bond acceptors (Lipinski definition) is 7. The largest absolute Gasteiger partial charge is 0.497 e. The van der Waals surface area contributed by atoms with Crippen molar-refractivity contribution in [1.82, 2.24) is 9.97 Å². The summed E-state index contributed by atoms with van der Waals surface area (Å²) < 4.78 is 44.7. The summed E-state index contributed by atoms with van der Waals surface area (Å²) in [6.45, 7) is 0.222. The Hall–Kier alpha value is -3.37. The number of carbonyl (C=O) groups is 1. The molecule has 1 amide bonds. The van der Waals surface area contributed by atoms with Gasteiger partial charge in [-0.2, -0.15) is 0 Å². The van der Waals surface area contributed by atoms with Crippen LogP contribution in [-0.2, 0) is 21.2 Å². The number of fused-ring (bicyclic) bond motifs is 1. The van der Waals surface area contributed by atoms with E-state index >= 15 is 0 Å². The van der Waals surface area contributed by atoms with Crippen LogP contribution in [0.3, 0.4) is 0 Å². The average molecular weight is 500 g/mol. The number of nitrogens with zero attached hydrogens (tertiary/aromatic N) is 3. The van der Waals surface area contributed by atoms with Crippen LogP contribution in [0.25, 0.3) is 10.2 Å². The SMILES string of the molecule is COc1ccc(S(=O)(=O)CCCC(=O)N(Cc2cccnc2)c2nc3ccc(F)cc3s2)cc1. The molecule has 0 aliphatic rings. The summed E-state index contributed by atoms with van der Waals surface area (Å²) in [6.07, 6.45) is 3.46. The molecular formula is C24H22FN3O4S2. The number of methoxy groups -OCH3 is 1. The van der Waals surface area contributed by atoms with Gasteiger partial charge in [-0.05, 0) is 60.5 Å². The lowest BCUT2D eigenvalue weighted by Gasteiger charge is -2.20. The topological polar surface area (TPSA) is 89.5 Å². The second kappa shape index (κ2) is 10.3. The van der Waals surface area contributed by atoms with Crippen LogP contribution < -0.4 is 9.64 Å². The van der Waals surface area contributed by atoms with Gasteiger partial charge in [0.2, 0.25) is 5.91 Å². The van der Waals surface area contributed by atoms with Crippen molar-refractivity contribution >= 4 is 42.4 Å². The van der Waals surface area contributed by atoms with Gasteiger partial charge in [-0.3, -0.25) is 14.7 Å². The van der Waals surface area contributed by atoms with Crippen molar-refractivity contribution in [3.63, 3.8) is 0 Å². The summed E-state index contributed by atoms with van der Waals surface area (Å²) in [5, 5.41) is 0.424. The van der Waals surface area contributed by atoms with Crippen LogP contribution in [0.15, 0.2) is 71.9 Å². The van der Waals surface area contributed by atoms with Gasteiger partial charge in [0.15, 0.2) is 15.0 Å². The van der Waals surface area contributed by atoms with Crippen molar-refractivity contribution in [2.45, 2.75) is 24.3 Å². The third-order valence-electron chi connectivity index (χ3n) is 5.16. The van der Waals surface area contributed by atoms with Gasteiger partial charge < -0.3 is 4.74 Å². The number of benzene rings is 2. The van der Waals surface area contributed by atoms with Gasteiger partial charge in [0.25, 0.3) is 0 Å². The minimum absolute atomic E-state index is 0.0138. The molecule has 0 N–H and O–H groups in total. The van der Waals surface area contributed by atoms with Crippen LogP contribution in [0.5, 0.6) is 5.75 Å². The first-order valence-corrected chi connectivity index (χ1v) is 12.9. The zero-order valence-corrected chi connectivity index (χ0v) is 20.0. The van der Waals surface area contributed by atoms with Crippen LogP contribution in [0.4, 0.5) is 9.52 Å². The summed E-state index contributed by atoms with van der Waals surface area (Å²) in [5.41, 5.74) is 1.39. The monoisotopic (exact) mass is 499 g/mol. The standard InChI is InChI=1S/C24H22FN3O4S2/c1-32-19-7-9-20(10-8-19)34(30,31)13-3-5-23(29)28(16-17-4-2-12-26-15-17)24-27-21-11-6-18(25)14-22(21)33-24/h2,4,6-12,14-15H,3,5,13,16H2,1H3. The van der Waals surface area contributed by atoms with E-state index in [1.165, 1.54) is 47.6 Å². The number of ether oxygens (including phenoxy) is 1. The number of carbonyl (C=O) groups excluding carboxylic acids is 1. The Bertz CT molecular complexity index is 1390. The number of hydrogen-bond donors (Lipinski definition) is 0. The summed E-state index contributed by atoms with van der Waals surface area (Å²) in [4.78, 5) is 23.5. The third kappa shape index (κ3) is 5.57. The van der Waals surface area contributed by atoms with Gasteiger partial charge in [0, 0.05) is 18.8 Å². The molecule has 0 bridgehead atoms. The van der Waals surface area contributed by atoms with E-state index < -0.39 is 9.84 Å². The van der Waals surface area contributed by atoms with E-state index in [9.17, 15) is 17.6 Å². The first-order valence-electron chi connectivity index (χ1n) is 10.5. The van der Waals surface area contributed by atoms with Crippen LogP contribution in [0, 0.1) is 5.82 Å². The van der Waals surface area contributed by atoms with Gasteiger partial charge in [-0.1, -0.05) is 17.4 Å². The number of rotatable bonds is 9. The smallest absolute Gasteiger partial charge is 0.229 e. The number of amides is 1. The number of halogens is 1. The number of anilines is 1. The predicted octanol–water partition coefficient (Wildman–Crippen LogP) is 4.63. The van der Waals surface area contributed by atoms with E-state index in [1.54, 1.807) is 36.7 Å². The summed E-state index contributed by atoms with van der Waals surface area (Å²) in [6, 6.07) is 14.0. The molecule has 0 radical (unpaired) electrons. The maximum Gasteiger partial charge on any atom is 0.229 e. The highest BCUT2D eigenvalue weighted by Crippen LogP contribution is 2.31. The number of thiazole rings is 1. The number of aromatic nitrogens is 2. The minimum Gasteiger partial charge on any atom is -0.497 e. The highest BCUT2D eigenvalue weighted by Gasteiger charge is 2.22. The van der Waals surface area contributed by atoms with Gasteiger partial charge in [-0.25, -0.2) is 17.8 Å². The van der Waals surface area contributed by atoms with Crippen molar-refractivity contribution in [1.29, 1.82) is 0 Å². The van der Waals surface area contributed by atoms with E-state index in [0.29, 0.717) is 21.1 Å². The molecular weight excluding hydrogens is 477 g/mol. The maximum absolute atomic E-state index is 13.6. The van der Waals surface area contributed by atoms with E-state index in [1.807, 2.05) is 6.07 Å². The van der Waals surface area contributed by atoms with Gasteiger partial charge >= 0.3 is 0 Å². The fourth-order valence-corrected chi connectivity index (χ4v) is 5.71. The molecule has 0 saturated carbocycles.